The maximum absolute atomic E-state index is 5.79. The molecule has 2 aromatic carbocycles. The second kappa shape index (κ2) is 7.51. The molecule has 0 spiro atoms. The van der Waals surface area contributed by atoms with E-state index in [0.29, 0.717) is 6.61 Å². The topological polar surface area (TPSA) is 21.3 Å². The molecule has 2 heteroatoms. The molecule has 0 heterocycles. The maximum Gasteiger partial charge on any atom is 0.119 e. The minimum atomic E-state index is 0.607. The van der Waals surface area contributed by atoms with Crippen molar-refractivity contribution in [2.45, 2.75) is 20.1 Å². The summed E-state index contributed by atoms with van der Waals surface area (Å²) in [5, 5.41) is 3.28. The summed E-state index contributed by atoms with van der Waals surface area (Å²) in [6.07, 6.45) is 1.86. The Morgan fingerprint density at radius 3 is 2.60 bits per heavy atom. The molecule has 20 heavy (non-hydrogen) atoms. The van der Waals surface area contributed by atoms with Gasteiger partial charge in [-0.1, -0.05) is 48.0 Å². The first-order chi connectivity index (χ1) is 9.78. The van der Waals surface area contributed by atoms with E-state index < -0.39 is 0 Å². The summed E-state index contributed by atoms with van der Waals surface area (Å²) in [5.41, 5.74) is 3.70. The van der Waals surface area contributed by atoms with Crippen molar-refractivity contribution in [2.24, 2.45) is 0 Å². The number of rotatable bonds is 7. The van der Waals surface area contributed by atoms with Gasteiger partial charge in [0, 0.05) is 13.1 Å². The molecule has 2 nitrogen and oxygen atoms in total. The SMILES string of the molecule is C=CCNCc1ccc(OCc2cccc(C)c2)cc1. The lowest BCUT2D eigenvalue weighted by Gasteiger charge is -2.08. The van der Waals surface area contributed by atoms with Crippen LogP contribution in [0, 0.1) is 6.92 Å². The lowest BCUT2D eigenvalue weighted by Crippen LogP contribution is -2.12. The van der Waals surface area contributed by atoms with Crippen LogP contribution in [0.25, 0.3) is 0 Å². The molecule has 0 aliphatic carbocycles. The van der Waals surface area contributed by atoms with Crippen molar-refractivity contribution in [1.29, 1.82) is 0 Å². The molecule has 0 fully saturated rings. The summed E-state index contributed by atoms with van der Waals surface area (Å²) < 4.78 is 5.79. The van der Waals surface area contributed by atoms with Crippen LogP contribution >= 0.6 is 0 Å². The highest BCUT2D eigenvalue weighted by molar-refractivity contribution is 5.28. The zero-order valence-electron chi connectivity index (χ0n) is 11.9. The molecule has 2 rings (SSSR count). The molecule has 0 saturated carbocycles. The van der Waals surface area contributed by atoms with Gasteiger partial charge in [-0.3, -0.25) is 0 Å². The van der Waals surface area contributed by atoms with Crippen LogP contribution in [0.3, 0.4) is 0 Å². The van der Waals surface area contributed by atoms with Gasteiger partial charge in [-0.2, -0.15) is 0 Å². The third-order valence-electron chi connectivity index (χ3n) is 3.03. The highest BCUT2D eigenvalue weighted by Crippen LogP contribution is 2.14. The molecule has 1 N–H and O–H groups in total. The third kappa shape index (κ3) is 4.56. The van der Waals surface area contributed by atoms with E-state index in [2.05, 4.69) is 55.2 Å². The van der Waals surface area contributed by atoms with Gasteiger partial charge < -0.3 is 10.1 Å². The lowest BCUT2D eigenvalue weighted by atomic mass is 10.1. The highest BCUT2D eigenvalue weighted by atomic mass is 16.5. The summed E-state index contributed by atoms with van der Waals surface area (Å²) >= 11 is 0. The fraction of sp³-hybridized carbons (Fsp3) is 0.222. The molecular weight excluding hydrogens is 246 g/mol. The Labute approximate surface area is 121 Å². The van der Waals surface area contributed by atoms with E-state index in [4.69, 9.17) is 4.74 Å². The van der Waals surface area contributed by atoms with Crippen molar-refractivity contribution in [3.05, 3.63) is 77.9 Å². The van der Waals surface area contributed by atoms with Crippen LogP contribution in [-0.2, 0) is 13.2 Å². The van der Waals surface area contributed by atoms with E-state index in [1.54, 1.807) is 0 Å². The van der Waals surface area contributed by atoms with Crippen molar-refractivity contribution in [2.75, 3.05) is 6.54 Å². The van der Waals surface area contributed by atoms with Crippen molar-refractivity contribution >= 4 is 0 Å². The molecule has 0 atom stereocenters. The summed E-state index contributed by atoms with van der Waals surface area (Å²) in [4.78, 5) is 0. The quantitative estimate of drug-likeness (QED) is 0.608. The predicted octanol–water partition coefficient (Wildman–Crippen LogP) is 3.85. The van der Waals surface area contributed by atoms with Crippen molar-refractivity contribution < 1.29 is 4.74 Å². The fourth-order valence-corrected chi connectivity index (χ4v) is 1.99. The van der Waals surface area contributed by atoms with E-state index in [-0.39, 0.29) is 0 Å². The van der Waals surface area contributed by atoms with Crippen molar-refractivity contribution in [3.63, 3.8) is 0 Å². The molecule has 0 unspecified atom stereocenters. The van der Waals surface area contributed by atoms with Crippen LogP contribution in [0.1, 0.15) is 16.7 Å². The Morgan fingerprint density at radius 2 is 1.90 bits per heavy atom. The normalized spacial score (nSPS) is 10.2. The van der Waals surface area contributed by atoms with E-state index in [9.17, 15) is 0 Å². The lowest BCUT2D eigenvalue weighted by molar-refractivity contribution is 0.306. The largest absolute Gasteiger partial charge is 0.489 e. The second-order valence-corrected chi connectivity index (χ2v) is 4.84. The van der Waals surface area contributed by atoms with Crippen LogP contribution in [0.5, 0.6) is 5.75 Å². The first-order valence-electron chi connectivity index (χ1n) is 6.87. The molecule has 0 aliphatic heterocycles. The molecule has 0 radical (unpaired) electrons. The number of ether oxygens (including phenoxy) is 1. The minimum Gasteiger partial charge on any atom is -0.489 e. The van der Waals surface area contributed by atoms with E-state index >= 15 is 0 Å². The Hall–Kier alpha value is -2.06. The minimum absolute atomic E-state index is 0.607. The average Bonchev–Trinajstić information content (AvgIpc) is 2.47. The first-order valence-corrected chi connectivity index (χ1v) is 6.87. The highest BCUT2D eigenvalue weighted by Gasteiger charge is 1.97. The Morgan fingerprint density at radius 1 is 1.10 bits per heavy atom. The van der Waals surface area contributed by atoms with Crippen molar-refractivity contribution in [3.8, 4) is 5.75 Å². The zero-order valence-corrected chi connectivity index (χ0v) is 11.9. The van der Waals surface area contributed by atoms with Gasteiger partial charge in [0.05, 0.1) is 0 Å². The summed E-state index contributed by atoms with van der Waals surface area (Å²) in [7, 11) is 0. The summed E-state index contributed by atoms with van der Waals surface area (Å²) in [6.45, 7) is 8.06. The second-order valence-electron chi connectivity index (χ2n) is 4.84. The predicted molar refractivity (Wildman–Crippen MR) is 83.9 cm³/mol. The molecule has 0 saturated heterocycles. The van der Waals surface area contributed by atoms with Crippen LogP contribution in [0.4, 0.5) is 0 Å². The van der Waals surface area contributed by atoms with Gasteiger partial charge >= 0.3 is 0 Å². The third-order valence-corrected chi connectivity index (χ3v) is 3.03. The number of hydrogen-bond acceptors (Lipinski definition) is 2. The smallest absolute Gasteiger partial charge is 0.119 e. The number of hydrogen-bond donors (Lipinski definition) is 1. The fourth-order valence-electron chi connectivity index (χ4n) is 1.99. The number of nitrogens with one attached hydrogen (secondary N) is 1. The molecule has 0 aliphatic rings. The van der Waals surface area contributed by atoms with Gasteiger partial charge in [0.1, 0.15) is 12.4 Å². The molecular formula is C18H21NO. The van der Waals surface area contributed by atoms with Crippen LogP contribution in [0.2, 0.25) is 0 Å². The average molecular weight is 267 g/mol. The van der Waals surface area contributed by atoms with Gasteiger partial charge in [-0.15, -0.1) is 6.58 Å². The standard InChI is InChI=1S/C18H21NO/c1-3-11-19-13-16-7-9-18(10-8-16)20-14-17-6-4-5-15(2)12-17/h3-10,12,19H,1,11,13-14H2,2H3. The van der Waals surface area contributed by atoms with Gasteiger partial charge in [-0.25, -0.2) is 0 Å². The maximum atomic E-state index is 5.79. The Balaban J connectivity index is 1.85. The van der Waals surface area contributed by atoms with Crippen LogP contribution < -0.4 is 10.1 Å². The van der Waals surface area contributed by atoms with Gasteiger partial charge in [0.2, 0.25) is 0 Å². The molecule has 0 amide bonds. The van der Waals surface area contributed by atoms with E-state index in [1.165, 1.54) is 16.7 Å². The molecule has 0 bridgehead atoms. The van der Waals surface area contributed by atoms with Crippen molar-refractivity contribution in [1.82, 2.24) is 5.32 Å². The Kier molecular flexibility index (Phi) is 5.39. The molecule has 2 aromatic rings. The first kappa shape index (κ1) is 14.4. The zero-order chi connectivity index (χ0) is 14.2. The van der Waals surface area contributed by atoms with Gasteiger partial charge in [0.25, 0.3) is 0 Å². The van der Waals surface area contributed by atoms with Crippen LogP contribution in [-0.4, -0.2) is 6.54 Å². The number of benzene rings is 2. The van der Waals surface area contributed by atoms with Gasteiger partial charge in [-0.05, 0) is 30.2 Å². The van der Waals surface area contributed by atoms with Gasteiger partial charge in [0.15, 0.2) is 0 Å². The monoisotopic (exact) mass is 267 g/mol. The summed E-state index contributed by atoms with van der Waals surface area (Å²) in [5.74, 6) is 0.902. The van der Waals surface area contributed by atoms with E-state index in [1.807, 2.05) is 18.2 Å². The number of aryl methyl sites for hydroxylation is 1. The summed E-state index contributed by atoms with van der Waals surface area (Å²) in [6, 6.07) is 16.6. The van der Waals surface area contributed by atoms with Crippen LogP contribution in [0.15, 0.2) is 61.2 Å². The Bertz CT molecular complexity index is 546. The van der Waals surface area contributed by atoms with E-state index in [0.717, 1.165) is 18.8 Å². The molecule has 0 aromatic heterocycles. The molecule has 104 valence electrons.